The Bertz CT molecular complexity index is 381. The number of allylic oxidation sites excluding steroid dienone is 1. The molecular weight excluding hydrogens is 179 g/mol. The lowest BCUT2D eigenvalue weighted by atomic mass is 10.1. The van der Waals surface area contributed by atoms with Crippen LogP contribution in [0.3, 0.4) is 0 Å². The topological polar surface area (TPSA) is 38.4 Å². The minimum atomic E-state index is -0.398. The fraction of sp³-hybridized carbons (Fsp3) is 0.182. The molecule has 0 aliphatic carbocycles. The van der Waals surface area contributed by atoms with Gasteiger partial charge < -0.3 is 5.73 Å². The summed E-state index contributed by atoms with van der Waals surface area (Å²) in [5, 5.41) is 0. The number of nitrogens with zero attached hydrogens (tertiary/aromatic N) is 1. The summed E-state index contributed by atoms with van der Waals surface area (Å²) >= 11 is 0. The lowest BCUT2D eigenvalue weighted by molar-refractivity contribution is 0.632. The summed E-state index contributed by atoms with van der Waals surface area (Å²) in [5.74, 6) is -0.398. The lowest BCUT2D eigenvalue weighted by Crippen LogP contribution is -1.92. The number of benzene rings is 1. The zero-order valence-corrected chi connectivity index (χ0v) is 8.29. The molecule has 0 bridgehead atoms. The first-order chi connectivity index (χ1) is 6.69. The first-order valence-corrected chi connectivity index (χ1v) is 4.39. The minimum absolute atomic E-state index is 0.146. The standard InChI is InChI=1S/C11H13FN2/c1-3-11(14-4-2)8-5-6-9(12)10(13)7-8/h3-7H,13H2,1-2H3/b11-3-,14-4?. The molecule has 2 N–H and O–H groups in total. The van der Waals surface area contributed by atoms with Gasteiger partial charge in [0.15, 0.2) is 0 Å². The average molecular weight is 192 g/mol. The second kappa shape index (κ2) is 4.56. The van der Waals surface area contributed by atoms with E-state index in [0.29, 0.717) is 0 Å². The third-order valence-electron chi connectivity index (χ3n) is 1.83. The van der Waals surface area contributed by atoms with Crippen molar-refractivity contribution in [1.29, 1.82) is 0 Å². The van der Waals surface area contributed by atoms with Gasteiger partial charge in [0, 0.05) is 11.8 Å². The van der Waals surface area contributed by atoms with Crippen molar-refractivity contribution in [2.75, 3.05) is 5.73 Å². The SMILES string of the molecule is CC=N/C(=C\C)c1ccc(F)c(N)c1. The molecule has 14 heavy (non-hydrogen) atoms. The smallest absolute Gasteiger partial charge is 0.146 e. The Kier molecular flexibility index (Phi) is 3.40. The Morgan fingerprint density at radius 3 is 2.64 bits per heavy atom. The molecule has 0 fully saturated rings. The van der Waals surface area contributed by atoms with Gasteiger partial charge in [0.1, 0.15) is 5.82 Å². The first kappa shape index (κ1) is 10.4. The molecule has 0 radical (unpaired) electrons. The maximum atomic E-state index is 12.9. The summed E-state index contributed by atoms with van der Waals surface area (Å²) in [7, 11) is 0. The van der Waals surface area contributed by atoms with Crippen molar-refractivity contribution < 1.29 is 4.39 Å². The van der Waals surface area contributed by atoms with Crippen LogP contribution in [0.2, 0.25) is 0 Å². The summed E-state index contributed by atoms with van der Waals surface area (Å²) in [6, 6.07) is 4.59. The summed E-state index contributed by atoms with van der Waals surface area (Å²) in [4.78, 5) is 4.14. The van der Waals surface area contributed by atoms with Crippen LogP contribution < -0.4 is 5.73 Å². The van der Waals surface area contributed by atoms with E-state index in [0.717, 1.165) is 11.3 Å². The molecular formula is C11H13FN2. The molecule has 3 heteroatoms. The third kappa shape index (κ3) is 2.19. The van der Waals surface area contributed by atoms with Crippen LogP contribution in [0.25, 0.3) is 5.70 Å². The van der Waals surface area contributed by atoms with Gasteiger partial charge in [-0.2, -0.15) is 0 Å². The fourth-order valence-electron chi connectivity index (χ4n) is 1.16. The lowest BCUT2D eigenvalue weighted by Gasteiger charge is -2.03. The zero-order chi connectivity index (χ0) is 10.6. The van der Waals surface area contributed by atoms with Crippen LogP contribution in [0.5, 0.6) is 0 Å². The number of halogens is 1. The van der Waals surface area contributed by atoms with E-state index in [1.807, 2.05) is 19.9 Å². The Labute approximate surface area is 83.0 Å². The molecule has 1 aromatic rings. The van der Waals surface area contributed by atoms with Crippen molar-refractivity contribution >= 4 is 17.6 Å². The minimum Gasteiger partial charge on any atom is -0.396 e. The van der Waals surface area contributed by atoms with Gasteiger partial charge >= 0.3 is 0 Å². The van der Waals surface area contributed by atoms with Crippen LogP contribution in [0.4, 0.5) is 10.1 Å². The second-order valence-electron chi connectivity index (χ2n) is 2.80. The van der Waals surface area contributed by atoms with E-state index in [4.69, 9.17) is 5.73 Å². The number of hydrogen-bond donors (Lipinski definition) is 1. The fourth-order valence-corrected chi connectivity index (χ4v) is 1.16. The molecule has 74 valence electrons. The van der Waals surface area contributed by atoms with Crippen LogP contribution in [0.15, 0.2) is 29.3 Å². The van der Waals surface area contributed by atoms with Crippen molar-refractivity contribution in [2.45, 2.75) is 13.8 Å². The van der Waals surface area contributed by atoms with E-state index < -0.39 is 5.82 Å². The molecule has 0 aromatic heterocycles. The third-order valence-corrected chi connectivity index (χ3v) is 1.83. The molecule has 0 saturated carbocycles. The van der Waals surface area contributed by atoms with Crippen molar-refractivity contribution in [3.05, 3.63) is 35.7 Å². The van der Waals surface area contributed by atoms with Crippen molar-refractivity contribution in [2.24, 2.45) is 4.99 Å². The van der Waals surface area contributed by atoms with Crippen molar-refractivity contribution in [1.82, 2.24) is 0 Å². The highest BCUT2D eigenvalue weighted by Gasteiger charge is 2.02. The molecule has 0 spiro atoms. The maximum absolute atomic E-state index is 12.9. The molecule has 0 aliphatic heterocycles. The number of hydrogen-bond acceptors (Lipinski definition) is 2. The van der Waals surface area contributed by atoms with Crippen LogP contribution in [-0.4, -0.2) is 6.21 Å². The zero-order valence-electron chi connectivity index (χ0n) is 8.29. The van der Waals surface area contributed by atoms with Crippen LogP contribution in [0, 0.1) is 5.82 Å². The second-order valence-corrected chi connectivity index (χ2v) is 2.80. The molecule has 1 rings (SSSR count). The average Bonchev–Trinajstić information content (AvgIpc) is 2.19. The largest absolute Gasteiger partial charge is 0.396 e. The van der Waals surface area contributed by atoms with Crippen LogP contribution in [0.1, 0.15) is 19.4 Å². The van der Waals surface area contributed by atoms with E-state index >= 15 is 0 Å². The van der Waals surface area contributed by atoms with Gasteiger partial charge in [-0.05, 0) is 32.0 Å². The molecule has 0 saturated heterocycles. The van der Waals surface area contributed by atoms with E-state index in [1.54, 1.807) is 18.3 Å². The van der Waals surface area contributed by atoms with E-state index in [1.165, 1.54) is 6.07 Å². The maximum Gasteiger partial charge on any atom is 0.146 e. The van der Waals surface area contributed by atoms with Gasteiger partial charge in [0.25, 0.3) is 0 Å². The van der Waals surface area contributed by atoms with E-state index in [2.05, 4.69) is 4.99 Å². The Hall–Kier alpha value is -1.64. The monoisotopic (exact) mass is 192 g/mol. The van der Waals surface area contributed by atoms with Gasteiger partial charge in [-0.3, -0.25) is 4.99 Å². The van der Waals surface area contributed by atoms with Gasteiger partial charge in [0.05, 0.1) is 11.4 Å². The van der Waals surface area contributed by atoms with Gasteiger partial charge in [-0.1, -0.05) is 6.08 Å². The van der Waals surface area contributed by atoms with E-state index in [9.17, 15) is 4.39 Å². The molecule has 2 nitrogen and oxygen atoms in total. The summed E-state index contributed by atoms with van der Waals surface area (Å²) in [5.41, 5.74) is 7.22. The molecule has 0 aliphatic rings. The number of rotatable bonds is 2. The number of nitrogens with two attached hydrogens (primary N) is 1. The van der Waals surface area contributed by atoms with Gasteiger partial charge in [0.2, 0.25) is 0 Å². The summed E-state index contributed by atoms with van der Waals surface area (Å²) in [6.45, 7) is 3.71. The van der Waals surface area contributed by atoms with Crippen molar-refractivity contribution in [3.63, 3.8) is 0 Å². The normalized spacial score (nSPS) is 12.4. The Balaban J connectivity index is 3.13. The summed E-state index contributed by atoms with van der Waals surface area (Å²) in [6.07, 6.45) is 3.54. The predicted octanol–water partition coefficient (Wildman–Crippen LogP) is 2.86. The van der Waals surface area contributed by atoms with Crippen LogP contribution >= 0.6 is 0 Å². The van der Waals surface area contributed by atoms with Gasteiger partial charge in [-0.15, -0.1) is 0 Å². The number of aliphatic imine (C=N–C) groups is 1. The highest BCUT2D eigenvalue weighted by atomic mass is 19.1. The first-order valence-electron chi connectivity index (χ1n) is 4.39. The van der Waals surface area contributed by atoms with E-state index in [-0.39, 0.29) is 5.69 Å². The molecule has 0 heterocycles. The number of nitrogen functional groups attached to an aromatic ring is 1. The quantitative estimate of drug-likeness (QED) is 0.568. The van der Waals surface area contributed by atoms with Gasteiger partial charge in [-0.25, -0.2) is 4.39 Å². The molecule has 1 aromatic carbocycles. The van der Waals surface area contributed by atoms with Crippen LogP contribution in [-0.2, 0) is 0 Å². The Morgan fingerprint density at radius 2 is 2.14 bits per heavy atom. The molecule has 0 unspecified atom stereocenters. The highest BCUT2D eigenvalue weighted by molar-refractivity contribution is 5.74. The Morgan fingerprint density at radius 1 is 1.43 bits per heavy atom. The molecule has 0 atom stereocenters. The summed E-state index contributed by atoms with van der Waals surface area (Å²) < 4.78 is 12.9. The number of anilines is 1. The highest BCUT2D eigenvalue weighted by Crippen LogP contribution is 2.20. The molecule has 0 amide bonds. The predicted molar refractivity (Wildman–Crippen MR) is 58.6 cm³/mol. The van der Waals surface area contributed by atoms with Crippen molar-refractivity contribution in [3.8, 4) is 0 Å².